The summed E-state index contributed by atoms with van der Waals surface area (Å²) in [5.74, 6) is -0.875. The van der Waals surface area contributed by atoms with Gasteiger partial charge in [-0.2, -0.15) is 0 Å². The third-order valence-electron chi connectivity index (χ3n) is 14.9. The Bertz CT molecular complexity index is 1440. The molecule has 1 unspecified atom stereocenters. The van der Waals surface area contributed by atoms with Crippen molar-refractivity contribution in [1.82, 2.24) is 0 Å². The van der Waals surface area contributed by atoms with Gasteiger partial charge in [0, 0.05) is 19.3 Å². The summed E-state index contributed by atoms with van der Waals surface area (Å²) in [6.07, 6.45) is 86.2. The molecular weight excluding hydrogens is 961 g/mol. The summed E-state index contributed by atoms with van der Waals surface area (Å²) in [6, 6.07) is 0. The SMILES string of the molecule is CC/C=C\C/C=C\C/C=C\C/C=C\CCCCCCCCCCCCC(=O)OCC(COC(=O)CCCCCCC/C=C\CCCCCCCCC)OC(=O)CCCCCCCCCCC/C=C\CCCCCCCCCC. The van der Waals surface area contributed by atoms with Crippen molar-refractivity contribution in [1.29, 1.82) is 0 Å². The van der Waals surface area contributed by atoms with Gasteiger partial charge in [-0.25, -0.2) is 0 Å². The monoisotopic (exact) mass is 1090 g/mol. The standard InChI is InChI=1S/C72H128O6/c1-4-7-10-13-16-19-22-25-28-31-33-35-36-38-39-41-44-47-50-53-56-59-62-65-71(74)77-68-69(67-76-70(73)64-61-58-55-52-49-46-43-30-27-24-21-18-15-12-9-6-3)78-72(75)66-63-60-57-54-51-48-45-42-40-37-34-32-29-26-23-20-17-14-11-8-5-2/h7,10,16,19,25,28,30,32-35,43,69H,4-6,8-9,11-15,17-18,20-24,26-27,29,31,36-42,44-68H2,1-3H3/b10-7-,19-16-,28-25-,34-32-,35-33-,43-30-. The van der Waals surface area contributed by atoms with E-state index in [0.29, 0.717) is 19.3 Å². The summed E-state index contributed by atoms with van der Waals surface area (Å²) in [6.45, 7) is 6.56. The van der Waals surface area contributed by atoms with Crippen LogP contribution in [-0.2, 0) is 28.6 Å². The number of hydrogen-bond acceptors (Lipinski definition) is 6. The van der Waals surface area contributed by atoms with Crippen molar-refractivity contribution in [2.24, 2.45) is 0 Å². The van der Waals surface area contributed by atoms with E-state index < -0.39 is 6.10 Å². The Balaban J connectivity index is 4.35. The lowest BCUT2D eigenvalue weighted by atomic mass is 10.0. The molecule has 78 heavy (non-hydrogen) atoms. The van der Waals surface area contributed by atoms with E-state index in [1.165, 1.54) is 218 Å². The molecule has 0 heterocycles. The predicted octanol–water partition coefficient (Wildman–Crippen LogP) is 23.3. The zero-order valence-corrected chi connectivity index (χ0v) is 51.9. The minimum absolute atomic E-state index is 0.0790. The molecule has 6 heteroatoms. The maximum Gasteiger partial charge on any atom is 0.306 e. The lowest BCUT2D eigenvalue weighted by Gasteiger charge is -2.18. The van der Waals surface area contributed by atoms with E-state index in [4.69, 9.17) is 14.2 Å². The zero-order chi connectivity index (χ0) is 56.4. The number of esters is 3. The Morgan fingerprint density at radius 3 is 0.795 bits per heavy atom. The van der Waals surface area contributed by atoms with Gasteiger partial charge >= 0.3 is 17.9 Å². The van der Waals surface area contributed by atoms with Crippen molar-refractivity contribution in [2.45, 2.75) is 354 Å². The van der Waals surface area contributed by atoms with Crippen molar-refractivity contribution in [2.75, 3.05) is 13.2 Å². The summed E-state index contributed by atoms with van der Waals surface area (Å²) in [7, 11) is 0. The molecule has 0 saturated carbocycles. The van der Waals surface area contributed by atoms with Gasteiger partial charge in [0.15, 0.2) is 6.10 Å². The Morgan fingerprint density at radius 2 is 0.500 bits per heavy atom. The second-order valence-corrected chi connectivity index (χ2v) is 22.7. The van der Waals surface area contributed by atoms with Crippen LogP contribution in [0.3, 0.4) is 0 Å². The topological polar surface area (TPSA) is 78.9 Å². The van der Waals surface area contributed by atoms with Crippen LogP contribution in [0.5, 0.6) is 0 Å². The van der Waals surface area contributed by atoms with Crippen LogP contribution in [0.25, 0.3) is 0 Å². The third-order valence-corrected chi connectivity index (χ3v) is 14.9. The normalized spacial score (nSPS) is 12.5. The van der Waals surface area contributed by atoms with Crippen LogP contribution in [0.15, 0.2) is 72.9 Å². The number of hydrogen-bond donors (Lipinski definition) is 0. The molecule has 0 N–H and O–H groups in total. The quantitative estimate of drug-likeness (QED) is 0.0261. The molecule has 0 aromatic rings. The Hall–Kier alpha value is -3.15. The molecule has 452 valence electrons. The molecule has 0 spiro atoms. The van der Waals surface area contributed by atoms with Crippen molar-refractivity contribution in [3.63, 3.8) is 0 Å². The molecule has 0 saturated heterocycles. The van der Waals surface area contributed by atoms with E-state index >= 15 is 0 Å². The highest BCUT2D eigenvalue weighted by atomic mass is 16.6. The average molecular weight is 1090 g/mol. The minimum Gasteiger partial charge on any atom is -0.462 e. The van der Waals surface area contributed by atoms with E-state index in [0.717, 1.165) is 89.9 Å². The van der Waals surface area contributed by atoms with Crippen LogP contribution in [-0.4, -0.2) is 37.2 Å². The lowest BCUT2D eigenvalue weighted by Crippen LogP contribution is -2.30. The molecule has 6 nitrogen and oxygen atoms in total. The Labute approximate surface area is 484 Å². The molecule has 0 aliphatic rings. The van der Waals surface area contributed by atoms with Crippen molar-refractivity contribution in [3.8, 4) is 0 Å². The van der Waals surface area contributed by atoms with Crippen molar-refractivity contribution in [3.05, 3.63) is 72.9 Å². The third kappa shape index (κ3) is 63.7. The van der Waals surface area contributed by atoms with Gasteiger partial charge in [0.05, 0.1) is 0 Å². The molecule has 1 atom stereocenters. The number of ether oxygens (including phenoxy) is 3. The van der Waals surface area contributed by atoms with E-state index in [9.17, 15) is 14.4 Å². The maximum atomic E-state index is 12.9. The van der Waals surface area contributed by atoms with Crippen LogP contribution in [0.2, 0.25) is 0 Å². The van der Waals surface area contributed by atoms with Gasteiger partial charge in [0.1, 0.15) is 13.2 Å². The van der Waals surface area contributed by atoms with Crippen LogP contribution < -0.4 is 0 Å². The van der Waals surface area contributed by atoms with Gasteiger partial charge in [-0.05, 0) is 109 Å². The molecule has 0 bridgehead atoms. The average Bonchev–Trinajstić information content (AvgIpc) is 3.44. The molecule has 0 amide bonds. The summed E-state index contributed by atoms with van der Waals surface area (Å²) in [4.78, 5) is 38.4. The number of unbranched alkanes of at least 4 members (excludes halogenated alkanes) is 39. The Morgan fingerprint density at radius 1 is 0.269 bits per heavy atom. The molecule has 0 fully saturated rings. The lowest BCUT2D eigenvalue weighted by molar-refractivity contribution is -0.167. The largest absolute Gasteiger partial charge is 0.462 e. The summed E-state index contributed by atoms with van der Waals surface area (Å²) >= 11 is 0. The fourth-order valence-corrected chi connectivity index (χ4v) is 9.84. The van der Waals surface area contributed by atoms with Gasteiger partial charge < -0.3 is 14.2 Å². The van der Waals surface area contributed by atoms with Gasteiger partial charge in [-0.1, -0.05) is 293 Å². The minimum atomic E-state index is -0.783. The molecule has 0 aliphatic heterocycles. The van der Waals surface area contributed by atoms with Crippen molar-refractivity contribution < 1.29 is 28.6 Å². The molecular formula is C72H128O6. The van der Waals surface area contributed by atoms with E-state index in [-0.39, 0.29) is 31.1 Å². The fraction of sp³-hybridized carbons (Fsp3) is 0.792. The smallest absolute Gasteiger partial charge is 0.306 e. The summed E-state index contributed by atoms with van der Waals surface area (Å²) < 4.78 is 17.0. The van der Waals surface area contributed by atoms with Gasteiger partial charge in [-0.15, -0.1) is 0 Å². The fourth-order valence-electron chi connectivity index (χ4n) is 9.84. The summed E-state index contributed by atoms with van der Waals surface area (Å²) in [5, 5.41) is 0. The number of rotatable bonds is 62. The van der Waals surface area contributed by atoms with Crippen LogP contribution in [0.1, 0.15) is 348 Å². The number of carbonyl (C=O) groups excluding carboxylic acids is 3. The highest BCUT2D eigenvalue weighted by Gasteiger charge is 2.19. The highest BCUT2D eigenvalue weighted by molar-refractivity contribution is 5.71. The first-order chi connectivity index (χ1) is 38.5. The molecule has 0 aromatic carbocycles. The van der Waals surface area contributed by atoms with Crippen LogP contribution >= 0.6 is 0 Å². The molecule has 0 aliphatic carbocycles. The number of allylic oxidation sites excluding steroid dienone is 12. The molecule has 0 radical (unpaired) electrons. The maximum absolute atomic E-state index is 12.9. The zero-order valence-electron chi connectivity index (χ0n) is 51.9. The second-order valence-electron chi connectivity index (χ2n) is 22.7. The van der Waals surface area contributed by atoms with Gasteiger partial charge in [0.2, 0.25) is 0 Å². The second kappa shape index (κ2) is 66.4. The van der Waals surface area contributed by atoms with Crippen LogP contribution in [0, 0.1) is 0 Å². The summed E-state index contributed by atoms with van der Waals surface area (Å²) in [5.41, 5.74) is 0. The van der Waals surface area contributed by atoms with Crippen molar-refractivity contribution >= 4 is 17.9 Å². The first kappa shape index (κ1) is 74.8. The van der Waals surface area contributed by atoms with E-state index in [2.05, 4.69) is 93.7 Å². The first-order valence-electron chi connectivity index (χ1n) is 33.9. The number of carbonyl (C=O) groups is 3. The predicted molar refractivity (Wildman–Crippen MR) is 339 cm³/mol. The van der Waals surface area contributed by atoms with Gasteiger partial charge in [-0.3, -0.25) is 14.4 Å². The van der Waals surface area contributed by atoms with E-state index in [1.54, 1.807) is 0 Å². The first-order valence-corrected chi connectivity index (χ1v) is 33.9. The van der Waals surface area contributed by atoms with E-state index in [1.807, 2.05) is 0 Å². The Kier molecular flexibility index (Phi) is 63.7. The highest BCUT2D eigenvalue weighted by Crippen LogP contribution is 2.17. The van der Waals surface area contributed by atoms with Crippen LogP contribution in [0.4, 0.5) is 0 Å². The van der Waals surface area contributed by atoms with Gasteiger partial charge in [0.25, 0.3) is 0 Å². The molecule has 0 rings (SSSR count). The molecule has 0 aromatic heterocycles.